The molecule has 0 radical (unpaired) electrons. The maximum absolute atomic E-state index is 9.54. The lowest BCUT2D eigenvalue weighted by Gasteiger charge is -2.08. The average Bonchev–Trinajstić information content (AvgIpc) is 2.05. The van der Waals surface area contributed by atoms with Crippen LogP contribution in [0.5, 0.6) is 0 Å². The smallest absolute Gasteiger partial charge is 0.0803 e. The Hall–Kier alpha value is -0.930. The van der Waals surface area contributed by atoms with Gasteiger partial charge >= 0.3 is 0 Å². The molecule has 0 saturated carbocycles. The van der Waals surface area contributed by atoms with E-state index in [1.165, 1.54) is 0 Å². The first-order valence-electron chi connectivity index (χ1n) is 4.04. The Kier molecular flexibility index (Phi) is 3.19. The van der Waals surface area contributed by atoms with Gasteiger partial charge in [-0.3, -0.25) is 4.98 Å². The van der Waals surface area contributed by atoms with Crippen molar-refractivity contribution in [1.29, 1.82) is 0 Å². The van der Waals surface area contributed by atoms with Crippen molar-refractivity contribution in [3.05, 3.63) is 29.6 Å². The Morgan fingerprint density at radius 1 is 1.67 bits per heavy atom. The molecule has 66 valence electrons. The van der Waals surface area contributed by atoms with Crippen LogP contribution in [0.15, 0.2) is 18.3 Å². The van der Waals surface area contributed by atoms with Crippen LogP contribution in [-0.2, 0) is 0 Å². The minimum Gasteiger partial charge on any atom is -0.388 e. The van der Waals surface area contributed by atoms with E-state index in [0.29, 0.717) is 13.0 Å². The highest BCUT2D eigenvalue weighted by molar-refractivity contribution is 5.17. The highest BCUT2D eigenvalue weighted by Gasteiger charge is 2.05. The quantitative estimate of drug-likeness (QED) is 0.697. The molecule has 12 heavy (non-hydrogen) atoms. The second-order valence-corrected chi connectivity index (χ2v) is 2.82. The normalized spacial score (nSPS) is 12.9. The van der Waals surface area contributed by atoms with E-state index in [1.54, 1.807) is 6.20 Å². The summed E-state index contributed by atoms with van der Waals surface area (Å²) in [7, 11) is 0. The molecule has 0 bridgehead atoms. The third-order valence-electron chi connectivity index (χ3n) is 1.75. The maximum Gasteiger partial charge on any atom is 0.0803 e. The van der Waals surface area contributed by atoms with Gasteiger partial charge in [0, 0.05) is 11.9 Å². The summed E-state index contributed by atoms with van der Waals surface area (Å²) in [4.78, 5) is 4.04. The number of aliphatic hydroxyl groups excluding tert-OH is 1. The fraction of sp³-hybridized carbons (Fsp3) is 0.444. The molecule has 1 aromatic heterocycles. The van der Waals surface area contributed by atoms with E-state index in [9.17, 15) is 5.11 Å². The van der Waals surface area contributed by atoms with E-state index in [2.05, 4.69) is 4.98 Å². The minimum atomic E-state index is -0.448. The van der Waals surface area contributed by atoms with Gasteiger partial charge in [0.2, 0.25) is 0 Å². The molecule has 0 amide bonds. The highest BCUT2D eigenvalue weighted by Crippen LogP contribution is 2.15. The number of aromatic nitrogens is 1. The summed E-state index contributed by atoms with van der Waals surface area (Å²) in [5, 5.41) is 9.54. The summed E-state index contributed by atoms with van der Waals surface area (Å²) in [6.07, 6.45) is 1.85. The molecule has 0 aliphatic rings. The molecule has 3 N–H and O–H groups in total. The number of pyridine rings is 1. The zero-order valence-corrected chi connectivity index (χ0v) is 7.20. The van der Waals surface area contributed by atoms with Gasteiger partial charge < -0.3 is 10.8 Å². The van der Waals surface area contributed by atoms with Crippen LogP contribution >= 0.6 is 0 Å². The van der Waals surface area contributed by atoms with Gasteiger partial charge in [0.15, 0.2) is 0 Å². The van der Waals surface area contributed by atoms with Crippen molar-refractivity contribution in [2.24, 2.45) is 5.73 Å². The van der Waals surface area contributed by atoms with E-state index < -0.39 is 6.10 Å². The molecular formula is C9H14N2O. The molecular weight excluding hydrogens is 152 g/mol. The number of rotatable bonds is 3. The van der Waals surface area contributed by atoms with Crippen LogP contribution < -0.4 is 5.73 Å². The van der Waals surface area contributed by atoms with Crippen molar-refractivity contribution in [3.8, 4) is 0 Å². The van der Waals surface area contributed by atoms with Gasteiger partial charge in [0.25, 0.3) is 0 Å². The monoisotopic (exact) mass is 166 g/mol. The number of aryl methyl sites for hydroxylation is 1. The largest absolute Gasteiger partial charge is 0.388 e. The van der Waals surface area contributed by atoms with Crippen molar-refractivity contribution in [2.75, 3.05) is 6.54 Å². The number of aliphatic hydroxyl groups is 1. The van der Waals surface area contributed by atoms with E-state index in [0.717, 1.165) is 11.3 Å². The third-order valence-corrected chi connectivity index (χ3v) is 1.75. The van der Waals surface area contributed by atoms with E-state index in [4.69, 9.17) is 5.73 Å². The van der Waals surface area contributed by atoms with Gasteiger partial charge in [-0.1, -0.05) is 0 Å². The Balaban J connectivity index is 2.73. The molecule has 3 nitrogen and oxygen atoms in total. The summed E-state index contributed by atoms with van der Waals surface area (Å²) < 4.78 is 0. The lowest BCUT2D eigenvalue weighted by atomic mass is 10.1. The van der Waals surface area contributed by atoms with Crippen molar-refractivity contribution in [1.82, 2.24) is 4.98 Å². The molecule has 1 heterocycles. The van der Waals surface area contributed by atoms with Crippen LogP contribution in [0.1, 0.15) is 23.8 Å². The Labute approximate surface area is 72.2 Å². The van der Waals surface area contributed by atoms with E-state index in [-0.39, 0.29) is 0 Å². The first-order chi connectivity index (χ1) is 5.74. The summed E-state index contributed by atoms with van der Waals surface area (Å²) in [5.41, 5.74) is 7.15. The Bertz CT molecular complexity index is 250. The third kappa shape index (κ3) is 2.29. The summed E-state index contributed by atoms with van der Waals surface area (Å²) in [5.74, 6) is 0. The van der Waals surface area contributed by atoms with Gasteiger partial charge in [0.1, 0.15) is 0 Å². The lowest BCUT2D eigenvalue weighted by molar-refractivity contribution is 0.170. The SMILES string of the molecule is Cc1cc([C@H](O)CCN)ccn1. The molecule has 1 rings (SSSR count). The average molecular weight is 166 g/mol. The predicted octanol–water partition coefficient (Wildman–Crippen LogP) is 0.772. The Morgan fingerprint density at radius 2 is 2.42 bits per heavy atom. The number of nitrogens with zero attached hydrogens (tertiary/aromatic N) is 1. The van der Waals surface area contributed by atoms with E-state index in [1.807, 2.05) is 19.1 Å². The summed E-state index contributed by atoms with van der Waals surface area (Å²) in [6, 6.07) is 3.69. The molecule has 0 saturated heterocycles. The van der Waals surface area contributed by atoms with Crippen molar-refractivity contribution < 1.29 is 5.11 Å². The van der Waals surface area contributed by atoms with Gasteiger partial charge in [-0.15, -0.1) is 0 Å². The molecule has 0 spiro atoms. The van der Waals surface area contributed by atoms with Crippen molar-refractivity contribution in [3.63, 3.8) is 0 Å². The van der Waals surface area contributed by atoms with Crippen molar-refractivity contribution in [2.45, 2.75) is 19.4 Å². The number of hydrogen-bond donors (Lipinski definition) is 2. The van der Waals surface area contributed by atoms with Crippen molar-refractivity contribution >= 4 is 0 Å². The highest BCUT2D eigenvalue weighted by atomic mass is 16.3. The van der Waals surface area contributed by atoms with Crippen LogP contribution in [0.25, 0.3) is 0 Å². The van der Waals surface area contributed by atoms with Crippen LogP contribution in [0, 0.1) is 6.92 Å². The van der Waals surface area contributed by atoms with E-state index >= 15 is 0 Å². The maximum atomic E-state index is 9.54. The number of hydrogen-bond acceptors (Lipinski definition) is 3. The van der Waals surface area contributed by atoms with Gasteiger partial charge in [-0.2, -0.15) is 0 Å². The molecule has 1 aromatic rings. The molecule has 0 unspecified atom stereocenters. The zero-order valence-electron chi connectivity index (χ0n) is 7.20. The molecule has 3 heteroatoms. The first kappa shape index (κ1) is 9.16. The standard InChI is InChI=1S/C9H14N2O/c1-7-6-8(3-5-11-7)9(12)2-4-10/h3,5-6,9,12H,2,4,10H2,1H3/t9-/m1/s1. The number of nitrogens with two attached hydrogens (primary N) is 1. The van der Waals surface area contributed by atoms with Crippen LogP contribution in [0.4, 0.5) is 0 Å². The lowest BCUT2D eigenvalue weighted by Crippen LogP contribution is -2.06. The van der Waals surface area contributed by atoms with Crippen LogP contribution in [-0.4, -0.2) is 16.6 Å². The topological polar surface area (TPSA) is 59.1 Å². The summed E-state index contributed by atoms with van der Waals surface area (Å²) in [6.45, 7) is 2.40. The Morgan fingerprint density at radius 3 is 3.00 bits per heavy atom. The van der Waals surface area contributed by atoms with Crippen LogP contribution in [0.2, 0.25) is 0 Å². The minimum absolute atomic E-state index is 0.448. The second-order valence-electron chi connectivity index (χ2n) is 2.82. The first-order valence-corrected chi connectivity index (χ1v) is 4.04. The fourth-order valence-electron chi connectivity index (χ4n) is 1.10. The van der Waals surface area contributed by atoms with Gasteiger partial charge in [-0.05, 0) is 37.6 Å². The predicted molar refractivity (Wildman–Crippen MR) is 47.6 cm³/mol. The molecule has 0 aliphatic carbocycles. The molecule has 0 fully saturated rings. The fourth-order valence-corrected chi connectivity index (χ4v) is 1.10. The summed E-state index contributed by atoms with van der Waals surface area (Å²) >= 11 is 0. The molecule has 0 aliphatic heterocycles. The van der Waals surface area contributed by atoms with Gasteiger partial charge in [0.05, 0.1) is 6.10 Å². The second kappa shape index (κ2) is 4.18. The molecule has 1 atom stereocenters. The van der Waals surface area contributed by atoms with Crippen LogP contribution in [0.3, 0.4) is 0 Å². The molecule has 0 aromatic carbocycles. The van der Waals surface area contributed by atoms with Gasteiger partial charge in [-0.25, -0.2) is 0 Å². The zero-order chi connectivity index (χ0) is 8.97.